The Balaban J connectivity index is 1.59. The third-order valence-electron chi connectivity index (χ3n) is 6.07. The van der Waals surface area contributed by atoms with E-state index in [1.54, 1.807) is 12.1 Å². The van der Waals surface area contributed by atoms with Gasteiger partial charge in [0.2, 0.25) is 0 Å². The smallest absolute Gasteiger partial charge is 0.123 e. The monoisotopic (exact) mass is 352 g/mol. The molecule has 0 saturated carbocycles. The SMILES string of the molecule is Fc1ccc(CCn2c3c(c4cc(F)ccc42)CN2CCC3CC2)cc1. The zero-order valence-electron chi connectivity index (χ0n) is 14.7. The number of halogens is 2. The fourth-order valence-electron chi connectivity index (χ4n) is 4.77. The molecular weight excluding hydrogens is 330 g/mol. The van der Waals surface area contributed by atoms with E-state index in [0.29, 0.717) is 5.92 Å². The maximum absolute atomic E-state index is 14.0. The van der Waals surface area contributed by atoms with E-state index in [-0.39, 0.29) is 11.6 Å². The van der Waals surface area contributed by atoms with Gasteiger partial charge in [-0.15, -0.1) is 0 Å². The highest BCUT2D eigenvalue weighted by Crippen LogP contribution is 2.41. The second-order valence-electron chi connectivity index (χ2n) is 7.60. The van der Waals surface area contributed by atoms with E-state index in [1.807, 2.05) is 18.2 Å². The third-order valence-corrected chi connectivity index (χ3v) is 6.07. The van der Waals surface area contributed by atoms with Crippen molar-refractivity contribution in [2.45, 2.75) is 38.3 Å². The summed E-state index contributed by atoms with van der Waals surface area (Å²) in [6.45, 7) is 4.04. The van der Waals surface area contributed by atoms with Crippen molar-refractivity contribution in [1.29, 1.82) is 0 Å². The fourth-order valence-corrected chi connectivity index (χ4v) is 4.77. The van der Waals surface area contributed by atoms with Gasteiger partial charge in [-0.05, 0) is 73.8 Å². The zero-order chi connectivity index (χ0) is 17.7. The fraction of sp³-hybridized carbons (Fsp3) is 0.364. The van der Waals surface area contributed by atoms with Gasteiger partial charge >= 0.3 is 0 Å². The number of hydrogen-bond acceptors (Lipinski definition) is 1. The Hall–Kier alpha value is -2.20. The van der Waals surface area contributed by atoms with Crippen molar-refractivity contribution in [3.8, 4) is 0 Å². The minimum atomic E-state index is -0.199. The Bertz CT molecular complexity index is 950. The third kappa shape index (κ3) is 2.64. The molecule has 134 valence electrons. The Labute approximate surface area is 152 Å². The minimum Gasteiger partial charge on any atom is -0.344 e. The lowest BCUT2D eigenvalue weighted by atomic mass is 9.94. The van der Waals surface area contributed by atoms with Crippen LogP contribution in [0.5, 0.6) is 0 Å². The summed E-state index contributed by atoms with van der Waals surface area (Å²) in [6.07, 6.45) is 3.22. The Morgan fingerprint density at radius 1 is 0.923 bits per heavy atom. The molecule has 3 aliphatic rings. The lowest BCUT2D eigenvalue weighted by Crippen LogP contribution is -2.29. The molecular formula is C22H22F2N2. The molecule has 2 bridgehead atoms. The van der Waals surface area contributed by atoms with Crippen molar-refractivity contribution < 1.29 is 8.78 Å². The molecule has 4 heteroatoms. The van der Waals surface area contributed by atoms with Gasteiger partial charge < -0.3 is 4.57 Å². The van der Waals surface area contributed by atoms with Crippen LogP contribution in [0.15, 0.2) is 42.5 Å². The molecule has 3 aromatic rings. The first-order valence-corrected chi connectivity index (χ1v) is 9.46. The van der Waals surface area contributed by atoms with Crippen molar-refractivity contribution in [3.63, 3.8) is 0 Å². The van der Waals surface area contributed by atoms with Crippen LogP contribution in [-0.2, 0) is 19.5 Å². The predicted octanol–water partition coefficient (Wildman–Crippen LogP) is 4.86. The lowest BCUT2D eigenvalue weighted by molar-refractivity contribution is 0.219. The second kappa shape index (κ2) is 6.20. The minimum absolute atomic E-state index is 0.164. The van der Waals surface area contributed by atoms with Crippen molar-refractivity contribution >= 4 is 10.9 Å². The molecule has 6 rings (SSSR count). The zero-order valence-corrected chi connectivity index (χ0v) is 14.7. The summed E-state index contributed by atoms with van der Waals surface area (Å²) in [4.78, 5) is 2.50. The quantitative estimate of drug-likeness (QED) is 0.654. The normalized spacial score (nSPS) is 21.8. The standard InChI is InChI=1S/C22H22F2N2/c23-17-3-1-15(2-4-17)7-12-26-21-6-5-18(24)13-19(21)20-14-25-10-8-16(9-11-25)22(20)26/h1-6,13,16H,7-12,14H2. The molecule has 0 unspecified atom stereocenters. The maximum Gasteiger partial charge on any atom is 0.123 e. The average molecular weight is 352 g/mol. The maximum atomic E-state index is 14.0. The Morgan fingerprint density at radius 2 is 1.65 bits per heavy atom. The number of aryl methyl sites for hydroxylation is 2. The van der Waals surface area contributed by atoms with Gasteiger partial charge in [-0.3, -0.25) is 4.90 Å². The molecule has 0 amide bonds. The van der Waals surface area contributed by atoms with E-state index in [0.717, 1.165) is 49.1 Å². The molecule has 1 aromatic heterocycles. The van der Waals surface area contributed by atoms with E-state index >= 15 is 0 Å². The molecule has 1 saturated heterocycles. The highest BCUT2D eigenvalue weighted by molar-refractivity contribution is 5.86. The van der Waals surface area contributed by atoms with E-state index in [2.05, 4.69) is 9.47 Å². The first kappa shape index (κ1) is 16.0. The average Bonchev–Trinajstić information content (AvgIpc) is 2.78. The van der Waals surface area contributed by atoms with Gasteiger partial charge in [0, 0.05) is 35.6 Å². The second-order valence-corrected chi connectivity index (χ2v) is 7.60. The summed E-state index contributed by atoms with van der Waals surface area (Å²) >= 11 is 0. The van der Waals surface area contributed by atoms with E-state index in [4.69, 9.17) is 0 Å². The number of nitrogens with zero attached hydrogens (tertiary/aromatic N) is 2. The van der Waals surface area contributed by atoms with E-state index in [1.165, 1.54) is 36.2 Å². The molecule has 2 aromatic carbocycles. The van der Waals surface area contributed by atoms with Crippen LogP contribution in [0.1, 0.15) is 35.6 Å². The molecule has 0 N–H and O–H groups in total. The number of hydrogen-bond donors (Lipinski definition) is 0. The Morgan fingerprint density at radius 3 is 2.42 bits per heavy atom. The van der Waals surface area contributed by atoms with Crippen LogP contribution in [0.4, 0.5) is 8.78 Å². The van der Waals surface area contributed by atoms with Crippen molar-refractivity contribution in [3.05, 3.63) is 70.9 Å². The highest BCUT2D eigenvalue weighted by Gasteiger charge is 2.32. The Kier molecular flexibility index (Phi) is 3.82. The molecule has 1 fully saturated rings. The molecule has 0 spiro atoms. The summed E-state index contributed by atoms with van der Waals surface area (Å²) < 4.78 is 29.5. The van der Waals surface area contributed by atoms with Gasteiger partial charge in [0.05, 0.1) is 0 Å². The molecule has 0 atom stereocenters. The van der Waals surface area contributed by atoms with Gasteiger partial charge in [-0.25, -0.2) is 8.78 Å². The van der Waals surface area contributed by atoms with Crippen molar-refractivity contribution in [1.82, 2.24) is 9.47 Å². The van der Waals surface area contributed by atoms with E-state index in [9.17, 15) is 8.78 Å². The molecule has 3 aliphatic heterocycles. The largest absolute Gasteiger partial charge is 0.344 e. The van der Waals surface area contributed by atoms with Crippen molar-refractivity contribution in [2.24, 2.45) is 0 Å². The van der Waals surface area contributed by atoms with Crippen LogP contribution < -0.4 is 0 Å². The summed E-state index contributed by atoms with van der Waals surface area (Å²) in [5, 5.41) is 1.07. The van der Waals surface area contributed by atoms with Gasteiger partial charge in [0.15, 0.2) is 0 Å². The molecule has 4 heterocycles. The topological polar surface area (TPSA) is 8.17 Å². The first-order valence-electron chi connectivity index (χ1n) is 9.46. The number of rotatable bonds is 3. The van der Waals surface area contributed by atoms with Gasteiger partial charge in [0.25, 0.3) is 0 Å². The lowest BCUT2D eigenvalue weighted by Gasteiger charge is -2.27. The first-order chi connectivity index (χ1) is 12.7. The van der Waals surface area contributed by atoms with Crippen LogP contribution in [0.2, 0.25) is 0 Å². The summed E-state index contributed by atoms with van der Waals surface area (Å²) in [7, 11) is 0. The highest BCUT2D eigenvalue weighted by atomic mass is 19.1. The molecule has 0 radical (unpaired) electrons. The summed E-state index contributed by atoms with van der Waals surface area (Å²) in [6, 6.07) is 11.9. The van der Waals surface area contributed by atoms with Crippen LogP contribution >= 0.6 is 0 Å². The molecule has 26 heavy (non-hydrogen) atoms. The van der Waals surface area contributed by atoms with Crippen LogP contribution in [0.3, 0.4) is 0 Å². The van der Waals surface area contributed by atoms with Crippen molar-refractivity contribution in [2.75, 3.05) is 13.1 Å². The number of piperidine rings is 1. The van der Waals surface area contributed by atoms with Crippen LogP contribution in [-0.4, -0.2) is 22.6 Å². The molecule has 0 aliphatic carbocycles. The van der Waals surface area contributed by atoms with Gasteiger partial charge in [-0.2, -0.15) is 0 Å². The number of aromatic nitrogens is 1. The predicted molar refractivity (Wildman–Crippen MR) is 99.3 cm³/mol. The van der Waals surface area contributed by atoms with Gasteiger partial charge in [-0.1, -0.05) is 12.1 Å². The number of fused-ring (bicyclic) bond motifs is 3. The van der Waals surface area contributed by atoms with Gasteiger partial charge in [0.1, 0.15) is 11.6 Å². The van der Waals surface area contributed by atoms with Crippen LogP contribution in [0.25, 0.3) is 10.9 Å². The summed E-state index contributed by atoms with van der Waals surface area (Å²) in [5.74, 6) is 0.200. The molecule has 2 nitrogen and oxygen atoms in total. The number of benzene rings is 2. The summed E-state index contributed by atoms with van der Waals surface area (Å²) in [5.41, 5.74) is 4.99. The van der Waals surface area contributed by atoms with E-state index < -0.39 is 0 Å². The van der Waals surface area contributed by atoms with Crippen LogP contribution in [0, 0.1) is 11.6 Å².